The summed E-state index contributed by atoms with van der Waals surface area (Å²) in [5.41, 5.74) is 1.90. The third-order valence-corrected chi connectivity index (χ3v) is 5.58. The zero-order chi connectivity index (χ0) is 20.7. The van der Waals surface area contributed by atoms with Crippen LogP contribution >= 0.6 is 22.6 Å². The Morgan fingerprint density at radius 3 is 2.72 bits per heavy atom. The second kappa shape index (κ2) is 7.82. The van der Waals surface area contributed by atoms with Crippen molar-refractivity contribution in [2.75, 3.05) is 19.0 Å². The lowest BCUT2D eigenvalue weighted by atomic mass is 10.2. The van der Waals surface area contributed by atoms with E-state index in [1.807, 2.05) is 36.2 Å². The molecule has 2 aromatic heterocycles. The van der Waals surface area contributed by atoms with Crippen molar-refractivity contribution in [2.24, 2.45) is 0 Å². The molecule has 10 nitrogen and oxygen atoms in total. The van der Waals surface area contributed by atoms with Gasteiger partial charge >= 0.3 is 0 Å². The Morgan fingerprint density at radius 2 is 2.00 bits per heavy atom. The second-order valence-electron chi connectivity index (χ2n) is 6.73. The van der Waals surface area contributed by atoms with Crippen molar-refractivity contribution in [3.05, 3.63) is 40.5 Å². The number of nitrogens with zero attached hydrogens (tertiary/aromatic N) is 6. The quantitative estimate of drug-likeness (QED) is 0.384. The fourth-order valence-electron chi connectivity index (χ4n) is 3.35. The number of amides is 1. The lowest BCUT2D eigenvalue weighted by Gasteiger charge is -2.22. The molecule has 11 heteroatoms. The molecular formula is C18H19IN6O4. The highest BCUT2D eigenvalue weighted by atomic mass is 127. The van der Waals surface area contributed by atoms with E-state index in [9.17, 15) is 15.0 Å². The van der Waals surface area contributed by atoms with E-state index in [2.05, 4.69) is 37.5 Å². The van der Waals surface area contributed by atoms with E-state index in [4.69, 9.17) is 4.74 Å². The Balaban J connectivity index is 1.72. The van der Waals surface area contributed by atoms with Crippen molar-refractivity contribution in [1.29, 1.82) is 0 Å². The summed E-state index contributed by atoms with van der Waals surface area (Å²) in [7, 11) is 3.35. The van der Waals surface area contributed by atoms with Gasteiger partial charge in [-0.15, -0.1) is 0 Å². The van der Waals surface area contributed by atoms with Gasteiger partial charge in [0, 0.05) is 23.4 Å². The molecule has 4 rings (SSSR count). The highest BCUT2D eigenvalue weighted by Gasteiger charge is 2.46. The first-order chi connectivity index (χ1) is 13.9. The van der Waals surface area contributed by atoms with E-state index in [0.717, 1.165) is 14.2 Å². The standard InChI is InChI=1S/C18H19IN6O4/c1-23(9-26)17-13(27)14(28)18(29-17)25-8-22-12-15(20-7-21-16(12)25)24(2)11-5-3-4-10(19)6-11/h3-9,13-14,17-18,27-28H,1-2H3/t13-,14+,17-,18?/m0/s1. The van der Waals surface area contributed by atoms with Gasteiger partial charge in [-0.1, -0.05) is 6.07 Å². The van der Waals surface area contributed by atoms with Crippen LogP contribution in [0.5, 0.6) is 0 Å². The zero-order valence-electron chi connectivity index (χ0n) is 15.6. The van der Waals surface area contributed by atoms with E-state index >= 15 is 0 Å². The molecule has 29 heavy (non-hydrogen) atoms. The third-order valence-electron chi connectivity index (χ3n) is 4.91. The molecule has 1 unspecified atom stereocenters. The van der Waals surface area contributed by atoms with Crippen LogP contribution < -0.4 is 4.90 Å². The largest absolute Gasteiger partial charge is 0.385 e. The molecule has 4 atom stereocenters. The molecule has 1 aliphatic rings. The van der Waals surface area contributed by atoms with Gasteiger partial charge in [-0.3, -0.25) is 9.36 Å². The van der Waals surface area contributed by atoms with E-state index in [1.54, 1.807) is 0 Å². The Kier molecular flexibility index (Phi) is 5.38. The summed E-state index contributed by atoms with van der Waals surface area (Å²) in [4.78, 5) is 27.2. The molecule has 152 valence electrons. The number of carbonyl (C=O) groups is 1. The molecule has 0 saturated carbocycles. The minimum absolute atomic E-state index is 0.443. The number of anilines is 2. The maximum Gasteiger partial charge on any atom is 0.211 e. The number of hydrogen-bond donors (Lipinski definition) is 2. The maximum atomic E-state index is 11.0. The molecule has 2 N–H and O–H groups in total. The lowest BCUT2D eigenvalue weighted by molar-refractivity contribution is -0.138. The number of likely N-dealkylation sites (N-methyl/N-ethyl adjacent to an activating group) is 1. The highest BCUT2D eigenvalue weighted by molar-refractivity contribution is 14.1. The van der Waals surface area contributed by atoms with Crippen molar-refractivity contribution in [1.82, 2.24) is 24.4 Å². The smallest absolute Gasteiger partial charge is 0.211 e. The number of rotatable bonds is 5. The van der Waals surface area contributed by atoms with Crippen LogP contribution in [-0.4, -0.2) is 73.6 Å². The van der Waals surface area contributed by atoms with E-state index in [0.29, 0.717) is 23.4 Å². The molecule has 0 aliphatic carbocycles. The summed E-state index contributed by atoms with van der Waals surface area (Å²) in [6, 6.07) is 7.94. The number of halogens is 1. The first kappa shape index (κ1) is 19.9. The summed E-state index contributed by atoms with van der Waals surface area (Å²) in [5, 5.41) is 20.7. The SMILES string of the molecule is CN(c1cccc(I)c1)c1ncnc2c1ncn2C1O[C@H](N(C)C=O)[C@@H](O)[C@H]1O. The summed E-state index contributed by atoms with van der Waals surface area (Å²) in [6.07, 6.45) is -1.02. The molecule has 3 aromatic rings. The number of ether oxygens (including phenoxy) is 1. The lowest BCUT2D eigenvalue weighted by Crippen LogP contribution is -2.41. The summed E-state index contributed by atoms with van der Waals surface area (Å²) < 4.78 is 8.36. The van der Waals surface area contributed by atoms with Gasteiger partial charge in [0.15, 0.2) is 29.4 Å². The Hall–Kier alpha value is -2.35. The van der Waals surface area contributed by atoms with Gasteiger partial charge in [-0.05, 0) is 40.8 Å². The third kappa shape index (κ3) is 3.43. The van der Waals surface area contributed by atoms with Gasteiger partial charge < -0.3 is 24.7 Å². The Labute approximate surface area is 179 Å². The number of aromatic nitrogens is 4. The monoisotopic (exact) mass is 510 g/mol. The van der Waals surface area contributed by atoms with Crippen LogP contribution in [0.2, 0.25) is 0 Å². The van der Waals surface area contributed by atoms with Crippen LogP contribution in [0.4, 0.5) is 11.5 Å². The molecule has 0 spiro atoms. The van der Waals surface area contributed by atoms with Crippen LogP contribution in [0.15, 0.2) is 36.9 Å². The Bertz CT molecular complexity index is 1050. The van der Waals surface area contributed by atoms with Gasteiger partial charge in [-0.2, -0.15) is 0 Å². The minimum atomic E-state index is -1.26. The Morgan fingerprint density at radius 1 is 1.21 bits per heavy atom. The molecule has 1 amide bonds. The average Bonchev–Trinajstić information content (AvgIpc) is 3.28. The summed E-state index contributed by atoms with van der Waals surface area (Å²) in [5.74, 6) is 0.588. The maximum absolute atomic E-state index is 11.0. The highest BCUT2D eigenvalue weighted by Crippen LogP contribution is 2.34. The normalized spacial score (nSPS) is 24.0. The van der Waals surface area contributed by atoms with E-state index in [1.165, 1.54) is 24.3 Å². The van der Waals surface area contributed by atoms with Crippen LogP contribution in [0, 0.1) is 3.57 Å². The molecule has 1 saturated heterocycles. The van der Waals surface area contributed by atoms with Crippen LogP contribution in [-0.2, 0) is 9.53 Å². The van der Waals surface area contributed by atoms with Gasteiger partial charge in [0.25, 0.3) is 0 Å². The first-order valence-electron chi connectivity index (χ1n) is 8.78. The fraction of sp³-hybridized carbons (Fsp3) is 0.333. The fourth-order valence-corrected chi connectivity index (χ4v) is 3.87. The van der Waals surface area contributed by atoms with Crippen molar-refractivity contribution in [3.8, 4) is 0 Å². The molecular weight excluding hydrogens is 491 g/mol. The zero-order valence-corrected chi connectivity index (χ0v) is 17.8. The second-order valence-corrected chi connectivity index (χ2v) is 7.98. The topological polar surface area (TPSA) is 117 Å². The van der Waals surface area contributed by atoms with Gasteiger partial charge in [0.1, 0.15) is 18.5 Å². The number of carbonyl (C=O) groups excluding carboxylic acids is 1. The molecule has 1 aromatic carbocycles. The molecule has 1 fully saturated rings. The average molecular weight is 510 g/mol. The molecule has 1 aliphatic heterocycles. The van der Waals surface area contributed by atoms with Crippen LogP contribution in [0.3, 0.4) is 0 Å². The molecule has 3 heterocycles. The minimum Gasteiger partial charge on any atom is -0.385 e. The molecule has 0 bridgehead atoms. The number of imidazole rings is 1. The van der Waals surface area contributed by atoms with Gasteiger partial charge in [-0.25, -0.2) is 15.0 Å². The van der Waals surface area contributed by atoms with Crippen LogP contribution in [0.25, 0.3) is 11.2 Å². The number of hydrogen-bond acceptors (Lipinski definition) is 8. The molecule has 0 radical (unpaired) electrons. The predicted molar refractivity (Wildman–Crippen MR) is 112 cm³/mol. The first-order valence-corrected chi connectivity index (χ1v) is 9.86. The number of aliphatic hydroxyl groups excluding tert-OH is 2. The van der Waals surface area contributed by atoms with Crippen molar-refractivity contribution >= 4 is 51.7 Å². The van der Waals surface area contributed by atoms with Crippen LogP contribution in [0.1, 0.15) is 6.23 Å². The number of fused-ring (bicyclic) bond motifs is 1. The van der Waals surface area contributed by atoms with Gasteiger partial charge in [0.05, 0.1) is 6.33 Å². The van der Waals surface area contributed by atoms with E-state index in [-0.39, 0.29) is 0 Å². The van der Waals surface area contributed by atoms with E-state index < -0.39 is 24.7 Å². The van der Waals surface area contributed by atoms with Gasteiger partial charge in [0.2, 0.25) is 6.41 Å². The predicted octanol–water partition coefficient (Wildman–Crippen LogP) is 0.864. The van der Waals surface area contributed by atoms with Crippen molar-refractivity contribution < 1.29 is 19.7 Å². The van der Waals surface area contributed by atoms with Crippen molar-refractivity contribution in [2.45, 2.75) is 24.7 Å². The summed E-state index contributed by atoms with van der Waals surface area (Å²) in [6.45, 7) is 0. The number of benzene rings is 1. The number of aliphatic hydroxyl groups is 2. The summed E-state index contributed by atoms with van der Waals surface area (Å²) >= 11 is 2.24. The van der Waals surface area contributed by atoms with Crippen molar-refractivity contribution in [3.63, 3.8) is 0 Å².